The Morgan fingerprint density at radius 1 is 1.41 bits per heavy atom. The smallest absolute Gasteiger partial charge is 0.213 e. The topological polar surface area (TPSA) is 48.1 Å². The predicted molar refractivity (Wildman–Crippen MR) is 69.2 cm³/mol. The fourth-order valence-corrected chi connectivity index (χ4v) is 2.47. The van der Waals surface area contributed by atoms with Gasteiger partial charge in [-0.2, -0.15) is 0 Å². The summed E-state index contributed by atoms with van der Waals surface area (Å²) in [6.45, 7) is 2.58. The lowest BCUT2D eigenvalue weighted by atomic mass is 9.88. The van der Waals surface area contributed by atoms with Gasteiger partial charge < -0.3 is 10.5 Å². The normalized spacial score (nSPS) is 24.6. The van der Waals surface area contributed by atoms with E-state index in [9.17, 15) is 0 Å². The summed E-state index contributed by atoms with van der Waals surface area (Å²) in [5, 5.41) is 0.608. The van der Waals surface area contributed by atoms with Crippen molar-refractivity contribution in [2.75, 3.05) is 0 Å². The number of hydrogen-bond acceptors (Lipinski definition) is 3. The minimum absolute atomic E-state index is 0.281. The lowest BCUT2D eigenvalue weighted by Gasteiger charge is -2.28. The summed E-state index contributed by atoms with van der Waals surface area (Å²) in [6, 6.07) is 3.63. The molecule has 1 saturated carbocycles. The molecular weight excluding hydrogens is 236 g/mol. The molecule has 0 bridgehead atoms. The zero-order valence-corrected chi connectivity index (χ0v) is 10.9. The number of aromatic nitrogens is 1. The maximum atomic E-state index is 5.97. The van der Waals surface area contributed by atoms with E-state index in [2.05, 4.69) is 11.9 Å². The average molecular weight is 255 g/mol. The fourth-order valence-electron chi connectivity index (χ4n) is 2.29. The Labute approximate surface area is 107 Å². The van der Waals surface area contributed by atoms with Crippen LogP contribution in [0.5, 0.6) is 5.88 Å². The molecule has 0 radical (unpaired) electrons. The summed E-state index contributed by atoms with van der Waals surface area (Å²) in [5.74, 6) is 1.25. The van der Waals surface area contributed by atoms with Gasteiger partial charge in [-0.05, 0) is 31.2 Å². The zero-order chi connectivity index (χ0) is 12.3. The molecule has 1 fully saturated rings. The van der Waals surface area contributed by atoms with E-state index in [-0.39, 0.29) is 6.10 Å². The molecule has 3 nitrogen and oxygen atoms in total. The number of pyridine rings is 1. The Hall–Kier alpha value is -0.800. The number of ether oxygens (including phenoxy) is 1. The van der Waals surface area contributed by atoms with Crippen molar-refractivity contribution in [3.8, 4) is 5.88 Å². The van der Waals surface area contributed by atoms with Crippen molar-refractivity contribution < 1.29 is 4.74 Å². The second-order valence-corrected chi connectivity index (χ2v) is 5.11. The maximum Gasteiger partial charge on any atom is 0.213 e. The van der Waals surface area contributed by atoms with Crippen LogP contribution in [0, 0.1) is 5.92 Å². The van der Waals surface area contributed by atoms with E-state index in [1.165, 1.54) is 19.3 Å². The van der Waals surface area contributed by atoms with Gasteiger partial charge in [-0.1, -0.05) is 24.9 Å². The first-order valence-corrected chi connectivity index (χ1v) is 6.60. The Morgan fingerprint density at radius 3 is 2.88 bits per heavy atom. The zero-order valence-electron chi connectivity index (χ0n) is 10.2. The third kappa shape index (κ3) is 3.11. The van der Waals surface area contributed by atoms with E-state index >= 15 is 0 Å². The molecule has 1 aliphatic rings. The van der Waals surface area contributed by atoms with E-state index in [4.69, 9.17) is 22.1 Å². The van der Waals surface area contributed by atoms with Crippen molar-refractivity contribution in [3.05, 3.63) is 22.8 Å². The van der Waals surface area contributed by atoms with Crippen LogP contribution in [-0.4, -0.2) is 11.1 Å². The first kappa shape index (κ1) is 12.7. The highest BCUT2D eigenvalue weighted by Gasteiger charge is 2.23. The van der Waals surface area contributed by atoms with Crippen molar-refractivity contribution in [1.82, 2.24) is 4.98 Å². The predicted octanol–water partition coefficient (Wildman–Crippen LogP) is 3.15. The quantitative estimate of drug-likeness (QED) is 0.902. The average Bonchev–Trinajstić information content (AvgIpc) is 2.34. The minimum atomic E-state index is 0.281. The maximum absolute atomic E-state index is 5.97. The van der Waals surface area contributed by atoms with Crippen LogP contribution >= 0.6 is 11.6 Å². The Bertz CT molecular complexity index is 384. The summed E-state index contributed by atoms with van der Waals surface area (Å²) >= 11 is 5.97. The molecule has 0 aromatic carbocycles. The van der Waals surface area contributed by atoms with Crippen LogP contribution in [0.2, 0.25) is 5.02 Å². The van der Waals surface area contributed by atoms with E-state index in [0.29, 0.717) is 29.1 Å². The first-order valence-electron chi connectivity index (χ1n) is 6.23. The van der Waals surface area contributed by atoms with Gasteiger partial charge in [0.05, 0.1) is 10.7 Å². The summed E-state index contributed by atoms with van der Waals surface area (Å²) in [6.07, 6.45) is 5.18. The summed E-state index contributed by atoms with van der Waals surface area (Å²) in [4.78, 5) is 4.34. The molecule has 0 spiro atoms. The second-order valence-electron chi connectivity index (χ2n) is 4.70. The molecule has 0 aliphatic heterocycles. The van der Waals surface area contributed by atoms with Gasteiger partial charge in [-0.3, -0.25) is 0 Å². The Balaban J connectivity index is 2.07. The van der Waals surface area contributed by atoms with Gasteiger partial charge in [0.2, 0.25) is 5.88 Å². The van der Waals surface area contributed by atoms with Gasteiger partial charge in [-0.25, -0.2) is 4.98 Å². The van der Waals surface area contributed by atoms with Gasteiger partial charge in [0.25, 0.3) is 0 Å². The lowest BCUT2D eigenvalue weighted by molar-refractivity contribution is 0.0974. The van der Waals surface area contributed by atoms with Gasteiger partial charge >= 0.3 is 0 Å². The van der Waals surface area contributed by atoms with Crippen molar-refractivity contribution in [1.29, 1.82) is 0 Å². The number of halogens is 1. The molecule has 17 heavy (non-hydrogen) atoms. The van der Waals surface area contributed by atoms with Crippen molar-refractivity contribution in [2.45, 2.75) is 45.3 Å². The van der Waals surface area contributed by atoms with Crippen LogP contribution in [0.25, 0.3) is 0 Å². The highest BCUT2D eigenvalue weighted by molar-refractivity contribution is 6.31. The third-order valence-corrected chi connectivity index (χ3v) is 3.74. The van der Waals surface area contributed by atoms with Gasteiger partial charge in [0, 0.05) is 12.6 Å². The SMILES string of the molecule is CC1CCCCC1Oc1ccc(Cl)c(CN)n1. The second kappa shape index (κ2) is 5.69. The molecule has 2 unspecified atom stereocenters. The molecule has 94 valence electrons. The summed E-state index contributed by atoms with van der Waals surface area (Å²) in [5.41, 5.74) is 6.28. The number of rotatable bonds is 3. The Kier molecular flexibility index (Phi) is 4.24. The van der Waals surface area contributed by atoms with Gasteiger partial charge in [0.15, 0.2) is 0 Å². The molecule has 0 saturated heterocycles. The molecular formula is C13H19ClN2O. The van der Waals surface area contributed by atoms with Crippen LogP contribution in [-0.2, 0) is 6.54 Å². The van der Waals surface area contributed by atoms with Gasteiger partial charge in [0.1, 0.15) is 6.10 Å². The molecule has 4 heteroatoms. The molecule has 1 aromatic rings. The van der Waals surface area contributed by atoms with Crippen molar-refractivity contribution in [3.63, 3.8) is 0 Å². The van der Waals surface area contributed by atoms with Crippen LogP contribution < -0.4 is 10.5 Å². The number of nitrogens with two attached hydrogens (primary N) is 1. The van der Waals surface area contributed by atoms with Crippen LogP contribution in [0.15, 0.2) is 12.1 Å². The van der Waals surface area contributed by atoms with E-state index in [1.807, 2.05) is 6.07 Å². The van der Waals surface area contributed by atoms with E-state index in [1.54, 1.807) is 6.07 Å². The van der Waals surface area contributed by atoms with Crippen LogP contribution in [0.4, 0.5) is 0 Å². The van der Waals surface area contributed by atoms with Crippen LogP contribution in [0.3, 0.4) is 0 Å². The van der Waals surface area contributed by atoms with Crippen LogP contribution in [0.1, 0.15) is 38.3 Å². The molecule has 0 amide bonds. The van der Waals surface area contributed by atoms with Crippen molar-refractivity contribution >= 4 is 11.6 Å². The molecule has 2 atom stereocenters. The molecule has 1 heterocycles. The fraction of sp³-hybridized carbons (Fsp3) is 0.615. The molecule has 1 aliphatic carbocycles. The highest BCUT2D eigenvalue weighted by atomic mass is 35.5. The molecule has 2 N–H and O–H groups in total. The monoisotopic (exact) mass is 254 g/mol. The number of hydrogen-bond donors (Lipinski definition) is 1. The standard InChI is InChI=1S/C13H19ClN2O/c1-9-4-2-3-5-12(9)17-13-7-6-10(14)11(8-15)16-13/h6-7,9,12H,2-5,8,15H2,1H3. The largest absolute Gasteiger partial charge is 0.474 e. The highest BCUT2D eigenvalue weighted by Crippen LogP contribution is 2.28. The van der Waals surface area contributed by atoms with E-state index < -0.39 is 0 Å². The Morgan fingerprint density at radius 2 is 2.18 bits per heavy atom. The first-order chi connectivity index (χ1) is 8.20. The minimum Gasteiger partial charge on any atom is -0.474 e. The third-order valence-electron chi connectivity index (χ3n) is 3.39. The van der Waals surface area contributed by atoms with Gasteiger partial charge in [-0.15, -0.1) is 0 Å². The lowest BCUT2D eigenvalue weighted by Crippen LogP contribution is -2.28. The summed E-state index contributed by atoms with van der Waals surface area (Å²) < 4.78 is 5.94. The molecule has 2 rings (SSSR count). The number of nitrogens with zero attached hydrogens (tertiary/aromatic N) is 1. The van der Waals surface area contributed by atoms with Crippen molar-refractivity contribution in [2.24, 2.45) is 11.7 Å². The van der Waals surface area contributed by atoms with E-state index in [0.717, 1.165) is 6.42 Å². The molecule has 1 aromatic heterocycles. The summed E-state index contributed by atoms with van der Waals surface area (Å²) in [7, 11) is 0.